The molecule has 0 spiro atoms. The lowest BCUT2D eigenvalue weighted by Crippen LogP contribution is -2.38. The third-order valence-corrected chi connectivity index (χ3v) is 4.88. The molecule has 3 heterocycles. The maximum absolute atomic E-state index is 12.5. The zero-order chi connectivity index (χ0) is 15.7. The van der Waals surface area contributed by atoms with Gasteiger partial charge < -0.3 is 14.4 Å². The molecule has 1 atom stereocenters. The first-order valence-corrected chi connectivity index (χ1v) is 8.20. The van der Waals surface area contributed by atoms with Crippen LogP contribution in [0.4, 0.5) is 0 Å². The molecule has 1 unspecified atom stereocenters. The second-order valence-corrected chi connectivity index (χ2v) is 6.28. The molecular formula is C16H24N4O2. The van der Waals surface area contributed by atoms with E-state index in [-0.39, 0.29) is 17.7 Å². The highest BCUT2D eigenvalue weighted by molar-refractivity contribution is 5.93. The molecule has 0 bridgehead atoms. The van der Waals surface area contributed by atoms with Crippen LogP contribution in [-0.4, -0.2) is 57.8 Å². The van der Waals surface area contributed by atoms with Gasteiger partial charge in [-0.1, -0.05) is 0 Å². The van der Waals surface area contributed by atoms with Crippen LogP contribution in [-0.2, 0) is 17.8 Å². The van der Waals surface area contributed by atoms with Crippen molar-refractivity contribution in [3.63, 3.8) is 0 Å². The van der Waals surface area contributed by atoms with E-state index in [0.717, 1.165) is 44.5 Å². The Morgan fingerprint density at radius 1 is 1.36 bits per heavy atom. The van der Waals surface area contributed by atoms with Crippen molar-refractivity contribution in [1.29, 1.82) is 0 Å². The van der Waals surface area contributed by atoms with Gasteiger partial charge in [-0.15, -0.1) is 0 Å². The molecule has 6 nitrogen and oxygen atoms in total. The second kappa shape index (κ2) is 6.10. The standard InChI is InChI=1S/C16H24N4O2/c1-3-18(2)16(22)14-13-7-6-12(10-20(13)11-17-14)15(21)19-8-4-5-9-19/h11-12H,3-10H2,1-2H3. The lowest BCUT2D eigenvalue weighted by Gasteiger charge is -2.28. The van der Waals surface area contributed by atoms with E-state index in [1.165, 1.54) is 0 Å². The first-order chi connectivity index (χ1) is 10.6. The number of fused-ring (bicyclic) bond motifs is 1. The predicted molar refractivity (Wildman–Crippen MR) is 82.5 cm³/mol. The largest absolute Gasteiger partial charge is 0.342 e. The zero-order valence-electron chi connectivity index (χ0n) is 13.4. The van der Waals surface area contributed by atoms with Crippen molar-refractivity contribution in [1.82, 2.24) is 19.4 Å². The third kappa shape index (κ3) is 2.62. The average molecular weight is 304 g/mol. The fourth-order valence-corrected chi connectivity index (χ4v) is 3.37. The normalized spacial score (nSPS) is 20.8. The van der Waals surface area contributed by atoms with Crippen LogP contribution < -0.4 is 0 Å². The highest BCUT2D eigenvalue weighted by atomic mass is 16.2. The van der Waals surface area contributed by atoms with E-state index >= 15 is 0 Å². The quantitative estimate of drug-likeness (QED) is 0.842. The topological polar surface area (TPSA) is 58.4 Å². The number of hydrogen-bond donors (Lipinski definition) is 0. The summed E-state index contributed by atoms with van der Waals surface area (Å²) in [5.41, 5.74) is 1.53. The molecular weight excluding hydrogens is 280 g/mol. The van der Waals surface area contributed by atoms with Gasteiger partial charge in [-0.3, -0.25) is 9.59 Å². The molecule has 6 heteroatoms. The van der Waals surface area contributed by atoms with E-state index in [9.17, 15) is 9.59 Å². The zero-order valence-corrected chi connectivity index (χ0v) is 13.4. The van der Waals surface area contributed by atoms with Crippen LogP contribution in [0.25, 0.3) is 0 Å². The minimum absolute atomic E-state index is 0.0273. The minimum Gasteiger partial charge on any atom is -0.342 e. The molecule has 1 saturated heterocycles. The average Bonchev–Trinajstić information content (AvgIpc) is 3.21. The Morgan fingerprint density at radius 3 is 2.77 bits per heavy atom. The fraction of sp³-hybridized carbons (Fsp3) is 0.688. The van der Waals surface area contributed by atoms with E-state index in [4.69, 9.17) is 0 Å². The summed E-state index contributed by atoms with van der Waals surface area (Å²) in [4.78, 5) is 32.8. The van der Waals surface area contributed by atoms with Crippen LogP contribution in [0, 0.1) is 5.92 Å². The van der Waals surface area contributed by atoms with E-state index in [1.807, 2.05) is 16.4 Å². The molecule has 0 aliphatic carbocycles. The van der Waals surface area contributed by atoms with Gasteiger partial charge in [-0.25, -0.2) is 4.98 Å². The number of nitrogens with zero attached hydrogens (tertiary/aromatic N) is 4. The highest BCUT2D eigenvalue weighted by Gasteiger charge is 2.32. The molecule has 22 heavy (non-hydrogen) atoms. The van der Waals surface area contributed by atoms with Crippen molar-refractivity contribution < 1.29 is 9.59 Å². The predicted octanol–water partition coefficient (Wildman–Crippen LogP) is 1.16. The van der Waals surface area contributed by atoms with Crippen LogP contribution in [0.2, 0.25) is 0 Å². The van der Waals surface area contributed by atoms with Gasteiger partial charge in [0.15, 0.2) is 0 Å². The lowest BCUT2D eigenvalue weighted by atomic mass is 9.95. The molecule has 2 aliphatic heterocycles. The van der Waals surface area contributed by atoms with Crippen molar-refractivity contribution in [2.24, 2.45) is 5.92 Å². The molecule has 0 saturated carbocycles. The molecule has 1 fully saturated rings. The summed E-state index contributed by atoms with van der Waals surface area (Å²) < 4.78 is 2.00. The van der Waals surface area contributed by atoms with Gasteiger partial charge in [-0.05, 0) is 32.6 Å². The maximum atomic E-state index is 12.5. The molecule has 0 N–H and O–H groups in total. The number of imidazole rings is 1. The number of rotatable bonds is 3. The Kier molecular flexibility index (Phi) is 4.18. The molecule has 0 radical (unpaired) electrons. The Bertz CT molecular complexity index is 575. The SMILES string of the molecule is CCN(C)C(=O)c1ncn2c1CCC(C(=O)N1CCCC1)C2. The summed E-state index contributed by atoms with van der Waals surface area (Å²) in [6.45, 7) is 5.07. The maximum Gasteiger partial charge on any atom is 0.274 e. The van der Waals surface area contributed by atoms with Crippen LogP contribution in [0.5, 0.6) is 0 Å². The number of likely N-dealkylation sites (tertiary alicyclic amines) is 1. The molecule has 3 rings (SSSR count). The first-order valence-electron chi connectivity index (χ1n) is 8.20. The van der Waals surface area contributed by atoms with E-state index in [1.54, 1.807) is 18.3 Å². The van der Waals surface area contributed by atoms with Crippen molar-refractivity contribution in [3.8, 4) is 0 Å². The molecule has 0 aromatic carbocycles. The minimum atomic E-state index is -0.0273. The number of carbonyl (C=O) groups excluding carboxylic acids is 2. The lowest BCUT2D eigenvalue weighted by molar-refractivity contribution is -0.135. The van der Waals surface area contributed by atoms with Gasteiger partial charge in [0.25, 0.3) is 5.91 Å². The number of amides is 2. The Hall–Kier alpha value is -1.85. The Labute approximate surface area is 131 Å². The van der Waals surface area contributed by atoms with E-state index < -0.39 is 0 Å². The Balaban J connectivity index is 1.73. The van der Waals surface area contributed by atoms with Gasteiger partial charge in [0.05, 0.1) is 17.9 Å². The number of hydrogen-bond acceptors (Lipinski definition) is 3. The van der Waals surface area contributed by atoms with Crippen molar-refractivity contribution in [2.75, 3.05) is 26.7 Å². The van der Waals surface area contributed by atoms with Crippen LogP contribution in [0.1, 0.15) is 42.4 Å². The van der Waals surface area contributed by atoms with Gasteiger partial charge >= 0.3 is 0 Å². The smallest absolute Gasteiger partial charge is 0.274 e. The van der Waals surface area contributed by atoms with E-state index in [2.05, 4.69) is 4.98 Å². The van der Waals surface area contributed by atoms with Gasteiger partial charge in [0.2, 0.25) is 5.91 Å². The monoisotopic (exact) mass is 304 g/mol. The number of carbonyl (C=O) groups is 2. The summed E-state index contributed by atoms with van der Waals surface area (Å²) in [5.74, 6) is 0.280. The fourth-order valence-electron chi connectivity index (χ4n) is 3.37. The summed E-state index contributed by atoms with van der Waals surface area (Å²) in [5, 5.41) is 0. The third-order valence-electron chi connectivity index (χ3n) is 4.88. The highest BCUT2D eigenvalue weighted by Crippen LogP contribution is 2.25. The van der Waals surface area contributed by atoms with Crippen molar-refractivity contribution >= 4 is 11.8 Å². The molecule has 120 valence electrons. The van der Waals surface area contributed by atoms with Gasteiger partial charge in [0.1, 0.15) is 5.69 Å². The second-order valence-electron chi connectivity index (χ2n) is 6.28. The van der Waals surface area contributed by atoms with Gasteiger partial charge in [0, 0.05) is 33.2 Å². The van der Waals surface area contributed by atoms with Crippen LogP contribution >= 0.6 is 0 Å². The molecule has 2 amide bonds. The van der Waals surface area contributed by atoms with Crippen molar-refractivity contribution in [2.45, 2.75) is 39.2 Å². The summed E-state index contributed by atoms with van der Waals surface area (Å²) >= 11 is 0. The van der Waals surface area contributed by atoms with Crippen LogP contribution in [0.15, 0.2) is 6.33 Å². The van der Waals surface area contributed by atoms with Crippen molar-refractivity contribution in [3.05, 3.63) is 17.7 Å². The van der Waals surface area contributed by atoms with Gasteiger partial charge in [-0.2, -0.15) is 0 Å². The summed E-state index contributed by atoms with van der Waals surface area (Å²) in [6.07, 6.45) is 5.53. The number of aromatic nitrogens is 2. The van der Waals surface area contributed by atoms with Crippen LogP contribution in [0.3, 0.4) is 0 Å². The molecule has 1 aromatic rings. The first kappa shape index (κ1) is 15.1. The molecule has 2 aliphatic rings. The summed E-state index contributed by atoms with van der Waals surface area (Å²) in [6, 6.07) is 0. The Morgan fingerprint density at radius 2 is 2.09 bits per heavy atom. The molecule has 1 aromatic heterocycles. The van der Waals surface area contributed by atoms with E-state index in [0.29, 0.717) is 18.8 Å². The summed E-state index contributed by atoms with van der Waals surface area (Å²) in [7, 11) is 1.79.